The molecule has 0 N–H and O–H groups in total. The number of amides is 2. The van der Waals surface area contributed by atoms with Gasteiger partial charge in [-0.05, 0) is 65.6 Å². The molecule has 5 aromatic carbocycles. The highest BCUT2D eigenvalue weighted by Crippen LogP contribution is 2.43. The molecule has 0 saturated carbocycles. The molecule has 3 heterocycles. The van der Waals surface area contributed by atoms with Crippen LogP contribution in [0, 0.1) is 12.7 Å². The molecule has 10 heteroatoms. The molecule has 1 aliphatic rings. The second kappa shape index (κ2) is 14.8. The van der Waals surface area contributed by atoms with Gasteiger partial charge in [-0.3, -0.25) is 14.6 Å². The van der Waals surface area contributed by atoms with Gasteiger partial charge < -0.3 is 14.5 Å². The topological polar surface area (TPSA) is 80.6 Å². The molecule has 0 bridgehead atoms. The van der Waals surface area contributed by atoms with E-state index in [4.69, 9.17) is 21.4 Å². The van der Waals surface area contributed by atoms with Crippen molar-refractivity contribution in [2.24, 2.45) is 0 Å². The van der Waals surface area contributed by atoms with Crippen LogP contribution in [-0.2, 0) is 16.9 Å². The zero-order valence-corrected chi connectivity index (χ0v) is 31.1. The Labute approximate surface area is 323 Å². The highest BCUT2D eigenvalue weighted by molar-refractivity contribution is 6.31. The predicted octanol–water partition coefficient (Wildman–Crippen LogP) is 8.53. The summed E-state index contributed by atoms with van der Waals surface area (Å²) >= 11 is 6.65. The number of ether oxygens (including phenoxy) is 1. The van der Waals surface area contributed by atoms with E-state index in [0.717, 1.165) is 33.2 Å². The Hall–Kier alpha value is -6.32. The van der Waals surface area contributed by atoms with E-state index in [-0.39, 0.29) is 36.1 Å². The van der Waals surface area contributed by atoms with Crippen LogP contribution < -0.4 is 4.74 Å². The van der Waals surface area contributed by atoms with Crippen LogP contribution in [-0.4, -0.2) is 63.1 Å². The molecular weight excluding hydrogens is 713 g/mol. The average molecular weight is 750 g/mol. The van der Waals surface area contributed by atoms with Crippen LogP contribution in [0.3, 0.4) is 0 Å². The van der Waals surface area contributed by atoms with Crippen LogP contribution in [0.15, 0.2) is 140 Å². The molecule has 8 nitrogen and oxygen atoms in total. The summed E-state index contributed by atoms with van der Waals surface area (Å²) in [4.78, 5) is 33.5. The number of benzene rings is 5. The van der Waals surface area contributed by atoms with Gasteiger partial charge >= 0.3 is 0 Å². The van der Waals surface area contributed by atoms with Gasteiger partial charge in [0.2, 0.25) is 5.91 Å². The van der Waals surface area contributed by atoms with Gasteiger partial charge in [0.1, 0.15) is 36.0 Å². The van der Waals surface area contributed by atoms with Crippen molar-refractivity contribution in [3.8, 4) is 16.9 Å². The number of pyridine rings is 1. The van der Waals surface area contributed by atoms with Gasteiger partial charge in [-0.2, -0.15) is 5.10 Å². The second-order valence-electron chi connectivity index (χ2n) is 13.7. The number of halogens is 2. The lowest BCUT2D eigenvalue weighted by Crippen LogP contribution is -2.50. The van der Waals surface area contributed by atoms with Crippen LogP contribution >= 0.6 is 11.6 Å². The Morgan fingerprint density at radius 2 is 1.47 bits per heavy atom. The lowest BCUT2D eigenvalue weighted by Gasteiger charge is -2.37. The molecule has 55 heavy (non-hydrogen) atoms. The fourth-order valence-corrected chi connectivity index (χ4v) is 7.57. The first-order valence-electron chi connectivity index (χ1n) is 18.0. The molecule has 1 aliphatic heterocycles. The minimum atomic E-state index is -0.893. The number of fused-ring (bicyclic) bond motifs is 1. The Balaban J connectivity index is 1.23. The smallest absolute Gasteiger partial charge is 0.254 e. The van der Waals surface area contributed by atoms with Crippen LogP contribution in [0.25, 0.3) is 22.0 Å². The van der Waals surface area contributed by atoms with Crippen molar-refractivity contribution >= 4 is 34.3 Å². The molecule has 2 amide bonds. The quantitative estimate of drug-likeness (QED) is 0.138. The number of aryl methyl sites for hydroxylation is 1. The van der Waals surface area contributed by atoms with E-state index < -0.39 is 11.4 Å². The number of likely N-dealkylation sites (N-methyl/N-ethyl adjacent to an activating group) is 1. The summed E-state index contributed by atoms with van der Waals surface area (Å²) < 4.78 is 24.4. The van der Waals surface area contributed by atoms with Crippen molar-refractivity contribution in [2.45, 2.75) is 19.1 Å². The number of hydrogen-bond acceptors (Lipinski definition) is 5. The van der Waals surface area contributed by atoms with Gasteiger partial charge in [0.25, 0.3) is 5.91 Å². The molecule has 274 valence electrons. The average Bonchev–Trinajstić information content (AvgIpc) is 3.59. The third kappa shape index (κ3) is 6.50. The van der Waals surface area contributed by atoms with Gasteiger partial charge in [-0.1, -0.05) is 103 Å². The van der Waals surface area contributed by atoms with Crippen molar-refractivity contribution < 1.29 is 18.7 Å². The van der Waals surface area contributed by atoms with E-state index in [0.29, 0.717) is 35.1 Å². The number of carbonyl (C=O) groups is 2. The summed E-state index contributed by atoms with van der Waals surface area (Å²) in [6.45, 7) is 2.65. The van der Waals surface area contributed by atoms with E-state index in [1.54, 1.807) is 30.3 Å². The highest BCUT2D eigenvalue weighted by atomic mass is 35.5. The van der Waals surface area contributed by atoms with Gasteiger partial charge in [0.15, 0.2) is 0 Å². The van der Waals surface area contributed by atoms with E-state index >= 15 is 4.39 Å². The van der Waals surface area contributed by atoms with E-state index in [1.165, 1.54) is 23.1 Å². The molecule has 7 aromatic rings. The number of piperazine rings is 1. The summed E-state index contributed by atoms with van der Waals surface area (Å²) in [5.74, 6) is -0.678. The lowest BCUT2D eigenvalue weighted by atomic mass is 9.77. The SMILES string of the molecule is Cc1cc(OCc2nn(C(c3ccccc3)(c3ccccc3)c3ccccc3)c3cnccc23)c(-c2cc(C(=O)N3CCN(C)C(=O)C3)ccc2F)cc1Cl. The van der Waals surface area contributed by atoms with Crippen molar-refractivity contribution in [1.82, 2.24) is 24.6 Å². The molecule has 0 radical (unpaired) electrons. The monoisotopic (exact) mass is 749 g/mol. The lowest BCUT2D eigenvalue weighted by molar-refractivity contribution is -0.133. The maximum atomic E-state index is 15.8. The highest BCUT2D eigenvalue weighted by Gasteiger charge is 2.41. The first-order valence-corrected chi connectivity index (χ1v) is 18.4. The summed E-state index contributed by atoms with van der Waals surface area (Å²) in [5, 5.41) is 6.60. The number of nitrogens with zero attached hydrogens (tertiary/aromatic N) is 5. The van der Waals surface area contributed by atoms with Crippen molar-refractivity contribution in [1.29, 1.82) is 0 Å². The maximum absolute atomic E-state index is 15.8. The Bertz CT molecular complexity index is 2430. The number of hydrogen-bond donors (Lipinski definition) is 0. The van der Waals surface area contributed by atoms with Crippen LogP contribution in [0.4, 0.5) is 4.39 Å². The normalized spacial score (nSPS) is 13.3. The van der Waals surface area contributed by atoms with Crippen LogP contribution in [0.2, 0.25) is 5.02 Å². The van der Waals surface area contributed by atoms with E-state index in [9.17, 15) is 9.59 Å². The summed E-state index contributed by atoms with van der Waals surface area (Å²) in [6.07, 6.45) is 3.55. The molecule has 1 fully saturated rings. The number of aromatic nitrogens is 3. The molecule has 8 rings (SSSR count). The van der Waals surface area contributed by atoms with Crippen LogP contribution in [0.5, 0.6) is 5.75 Å². The van der Waals surface area contributed by atoms with Gasteiger partial charge in [-0.25, -0.2) is 9.07 Å². The van der Waals surface area contributed by atoms with Crippen LogP contribution in [0.1, 0.15) is 38.3 Å². The zero-order chi connectivity index (χ0) is 38.1. The van der Waals surface area contributed by atoms with Crippen molar-refractivity contribution in [3.05, 3.63) is 184 Å². The Morgan fingerprint density at radius 3 is 2.09 bits per heavy atom. The van der Waals surface area contributed by atoms with E-state index in [2.05, 4.69) is 41.4 Å². The fourth-order valence-electron chi connectivity index (χ4n) is 7.40. The standard InChI is InChI=1S/C45H37ClFN5O3/c1-30-24-42(37(26-38(30)46)36-25-31(18-19-39(36)47)44(54)51-23-22-50(2)43(53)28-51)55-29-40-35-20-21-48-27-41(35)52(49-40)45(32-12-6-3-7-13-32,33-14-8-4-9-15-33)34-16-10-5-11-17-34/h3-21,24-27H,22-23,28-29H2,1-2H3. The first-order chi connectivity index (χ1) is 26.8. The molecular formula is C45H37ClFN5O3. The second-order valence-corrected chi connectivity index (χ2v) is 14.1. The van der Waals surface area contributed by atoms with E-state index in [1.807, 2.05) is 78.5 Å². The maximum Gasteiger partial charge on any atom is 0.254 e. The molecule has 2 aromatic heterocycles. The number of rotatable bonds is 9. The summed E-state index contributed by atoms with van der Waals surface area (Å²) in [5.41, 5.74) is 5.10. The predicted molar refractivity (Wildman–Crippen MR) is 212 cm³/mol. The van der Waals surface area contributed by atoms with Crippen molar-refractivity contribution in [3.63, 3.8) is 0 Å². The van der Waals surface area contributed by atoms with Gasteiger partial charge in [-0.15, -0.1) is 0 Å². The zero-order valence-electron chi connectivity index (χ0n) is 30.3. The minimum Gasteiger partial charge on any atom is -0.487 e. The molecule has 0 aliphatic carbocycles. The largest absolute Gasteiger partial charge is 0.487 e. The molecule has 0 spiro atoms. The summed E-state index contributed by atoms with van der Waals surface area (Å²) in [6, 6.07) is 40.4. The third-order valence-corrected chi connectivity index (χ3v) is 10.7. The minimum absolute atomic E-state index is 0.0275. The number of carbonyl (C=O) groups excluding carboxylic acids is 2. The molecule has 0 unspecified atom stereocenters. The third-order valence-electron chi connectivity index (χ3n) is 10.3. The summed E-state index contributed by atoms with van der Waals surface area (Å²) in [7, 11) is 1.71. The van der Waals surface area contributed by atoms with Gasteiger partial charge in [0, 0.05) is 53.4 Å². The first kappa shape index (κ1) is 35.7. The Kier molecular flexibility index (Phi) is 9.63. The molecule has 1 saturated heterocycles. The van der Waals surface area contributed by atoms with Crippen molar-refractivity contribution in [2.75, 3.05) is 26.7 Å². The Morgan fingerprint density at radius 1 is 0.836 bits per heavy atom. The van der Waals surface area contributed by atoms with Gasteiger partial charge in [0.05, 0.1) is 11.7 Å². The fraction of sp³-hybridized carbons (Fsp3) is 0.156. The molecule has 0 atom stereocenters.